The number of benzene rings is 1. The van der Waals surface area contributed by atoms with Gasteiger partial charge < -0.3 is 11.1 Å². The molecule has 1 aliphatic heterocycles. The second-order valence-electron chi connectivity index (χ2n) is 8.05. The van der Waals surface area contributed by atoms with E-state index in [1.807, 2.05) is 0 Å². The Labute approximate surface area is 161 Å². The molecule has 1 unspecified atom stereocenters. The van der Waals surface area contributed by atoms with E-state index in [0.717, 1.165) is 43.6 Å². The Morgan fingerprint density at radius 1 is 1.07 bits per heavy atom. The SMILES string of the molecule is CC1CCCN1Cc1ccc(-c2ncnc(NC3CCC(N)CC3)n2)cc1. The van der Waals surface area contributed by atoms with E-state index in [-0.39, 0.29) is 0 Å². The highest BCUT2D eigenvalue weighted by Gasteiger charge is 2.20. The highest BCUT2D eigenvalue weighted by atomic mass is 15.2. The fraction of sp³-hybridized carbons (Fsp3) is 0.571. The Morgan fingerprint density at radius 2 is 1.85 bits per heavy atom. The van der Waals surface area contributed by atoms with E-state index >= 15 is 0 Å². The molecule has 2 aliphatic rings. The summed E-state index contributed by atoms with van der Waals surface area (Å²) in [4.78, 5) is 15.8. The van der Waals surface area contributed by atoms with Gasteiger partial charge in [0, 0.05) is 30.2 Å². The van der Waals surface area contributed by atoms with E-state index < -0.39 is 0 Å². The molecule has 1 aliphatic carbocycles. The van der Waals surface area contributed by atoms with Crippen molar-refractivity contribution in [3.05, 3.63) is 36.2 Å². The number of hydrogen-bond donors (Lipinski definition) is 2. The van der Waals surface area contributed by atoms with E-state index in [2.05, 4.69) is 56.4 Å². The summed E-state index contributed by atoms with van der Waals surface area (Å²) in [6, 6.07) is 10.1. The maximum absolute atomic E-state index is 5.99. The van der Waals surface area contributed by atoms with Crippen molar-refractivity contribution in [2.45, 2.75) is 70.1 Å². The Kier molecular flexibility index (Phi) is 5.64. The van der Waals surface area contributed by atoms with Crippen LogP contribution in [0.1, 0.15) is 51.0 Å². The van der Waals surface area contributed by atoms with Gasteiger partial charge >= 0.3 is 0 Å². The molecule has 144 valence electrons. The van der Waals surface area contributed by atoms with Crippen LogP contribution < -0.4 is 11.1 Å². The first-order valence-electron chi connectivity index (χ1n) is 10.2. The van der Waals surface area contributed by atoms with Crippen LogP contribution >= 0.6 is 0 Å². The minimum atomic E-state index is 0.346. The summed E-state index contributed by atoms with van der Waals surface area (Å²) >= 11 is 0. The minimum absolute atomic E-state index is 0.346. The molecular weight excluding hydrogens is 336 g/mol. The number of nitrogens with two attached hydrogens (primary N) is 1. The molecule has 2 heterocycles. The second-order valence-corrected chi connectivity index (χ2v) is 8.05. The summed E-state index contributed by atoms with van der Waals surface area (Å²) in [5, 5.41) is 3.45. The van der Waals surface area contributed by atoms with Gasteiger partial charge in [-0.05, 0) is 57.6 Å². The molecule has 1 aromatic carbocycles. The van der Waals surface area contributed by atoms with Crippen molar-refractivity contribution < 1.29 is 0 Å². The zero-order chi connectivity index (χ0) is 18.6. The van der Waals surface area contributed by atoms with E-state index in [9.17, 15) is 0 Å². The van der Waals surface area contributed by atoms with Crippen LogP contribution in [-0.4, -0.2) is 44.5 Å². The molecular formula is C21H30N6. The summed E-state index contributed by atoms with van der Waals surface area (Å²) in [6.07, 6.45) is 8.49. The van der Waals surface area contributed by atoms with E-state index in [0.29, 0.717) is 24.1 Å². The van der Waals surface area contributed by atoms with Gasteiger partial charge in [-0.15, -0.1) is 0 Å². The molecule has 0 radical (unpaired) electrons. The number of anilines is 1. The van der Waals surface area contributed by atoms with Crippen LogP contribution in [-0.2, 0) is 6.54 Å². The van der Waals surface area contributed by atoms with Gasteiger partial charge in [0.05, 0.1) is 0 Å². The Balaban J connectivity index is 1.40. The first kappa shape index (κ1) is 18.3. The Hall–Kier alpha value is -2.05. The second kappa shape index (κ2) is 8.31. The standard InChI is InChI=1S/C21H30N6/c1-15-3-2-12-27(15)13-16-4-6-17(7-5-16)20-23-14-24-21(26-20)25-19-10-8-18(22)9-11-19/h4-7,14-15,18-19H,2-3,8-13,22H2,1H3,(H,23,24,25,26). The third-order valence-electron chi connectivity index (χ3n) is 5.97. The van der Waals surface area contributed by atoms with Crippen LogP contribution in [0.25, 0.3) is 11.4 Å². The molecule has 27 heavy (non-hydrogen) atoms. The van der Waals surface area contributed by atoms with Gasteiger partial charge in [-0.1, -0.05) is 24.3 Å². The van der Waals surface area contributed by atoms with Crippen LogP contribution in [0.4, 0.5) is 5.95 Å². The fourth-order valence-electron chi connectivity index (χ4n) is 4.17. The lowest BCUT2D eigenvalue weighted by Gasteiger charge is -2.26. The molecule has 1 saturated carbocycles. The Bertz CT molecular complexity index is 739. The molecule has 4 rings (SSSR count). The first-order valence-corrected chi connectivity index (χ1v) is 10.2. The first-order chi connectivity index (χ1) is 13.2. The number of hydrogen-bond acceptors (Lipinski definition) is 6. The third-order valence-corrected chi connectivity index (χ3v) is 5.97. The molecule has 0 amide bonds. The van der Waals surface area contributed by atoms with Gasteiger partial charge in [-0.2, -0.15) is 4.98 Å². The maximum Gasteiger partial charge on any atom is 0.226 e. The number of aromatic nitrogens is 3. The lowest BCUT2D eigenvalue weighted by molar-refractivity contribution is 0.260. The van der Waals surface area contributed by atoms with Crippen molar-refractivity contribution in [1.82, 2.24) is 19.9 Å². The number of rotatable bonds is 5. The van der Waals surface area contributed by atoms with Gasteiger partial charge in [-0.25, -0.2) is 9.97 Å². The lowest BCUT2D eigenvalue weighted by atomic mass is 9.92. The Morgan fingerprint density at radius 3 is 2.56 bits per heavy atom. The maximum atomic E-state index is 5.99. The van der Waals surface area contributed by atoms with Crippen LogP contribution in [0.15, 0.2) is 30.6 Å². The average molecular weight is 367 g/mol. The highest BCUT2D eigenvalue weighted by molar-refractivity contribution is 5.56. The summed E-state index contributed by atoms with van der Waals surface area (Å²) < 4.78 is 0. The van der Waals surface area contributed by atoms with Crippen molar-refractivity contribution in [1.29, 1.82) is 0 Å². The summed E-state index contributed by atoms with van der Waals surface area (Å²) in [7, 11) is 0. The molecule has 0 bridgehead atoms. The summed E-state index contributed by atoms with van der Waals surface area (Å²) in [5.41, 5.74) is 8.37. The van der Waals surface area contributed by atoms with Gasteiger partial charge in [0.1, 0.15) is 6.33 Å². The molecule has 2 fully saturated rings. The van der Waals surface area contributed by atoms with Gasteiger partial charge in [0.2, 0.25) is 5.95 Å². The monoisotopic (exact) mass is 366 g/mol. The van der Waals surface area contributed by atoms with E-state index in [1.54, 1.807) is 6.33 Å². The van der Waals surface area contributed by atoms with Gasteiger partial charge in [0.15, 0.2) is 5.82 Å². The number of likely N-dealkylation sites (tertiary alicyclic amines) is 1. The zero-order valence-electron chi connectivity index (χ0n) is 16.1. The molecule has 6 nitrogen and oxygen atoms in total. The molecule has 0 spiro atoms. The summed E-state index contributed by atoms with van der Waals surface area (Å²) in [6.45, 7) is 4.55. The van der Waals surface area contributed by atoms with Crippen LogP contribution in [0.5, 0.6) is 0 Å². The molecule has 1 aromatic heterocycles. The van der Waals surface area contributed by atoms with Crippen molar-refractivity contribution >= 4 is 5.95 Å². The molecule has 1 atom stereocenters. The highest BCUT2D eigenvalue weighted by Crippen LogP contribution is 2.23. The smallest absolute Gasteiger partial charge is 0.226 e. The molecule has 3 N–H and O–H groups in total. The number of nitrogens with one attached hydrogen (secondary N) is 1. The number of nitrogens with zero attached hydrogens (tertiary/aromatic N) is 4. The van der Waals surface area contributed by atoms with E-state index in [4.69, 9.17) is 5.73 Å². The topological polar surface area (TPSA) is 80.0 Å². The van der Waals surface area contributed by atoms with Gasteiger partial charge in [0.25, 0.3) is 0 Å². The van der Waals surface area contributed by atoms with Gasteiger partial charge in [-0.3, -0.25) is 4.90 Å². The minimum Gasteiger partial charge on any atom is -0.351 e. The predicted octanol–water partition coefficient (Wildman–Crippen LogP) is 3.20. The molecule has 1 saturated heterocycles. The average Bonchev–Trinajstić information content (AvgIpc) is 3.09. The zero-order valence-corrected chi connectivity index (χ0v) is 16.1. The molecule has 2 aromatic rings. The summed E-state index contributed by atoms with van der Waals surface area (Å²) in [5.74, 6) is 1.39. The third kappa shape index (κ3) is 4.62. The van der Waals surface area contributed by atoms with Crippen molar-refractivity contribution in [3.8, 4) is 11.4 Å². The predicted molar refractivity (Wildman–Crippen MR) is 108 cm³/mol. The molecule has 6 heteroatoms. The quantitative estimate of drug-likeness (QED) is 0.846. The van der Waals surface area contributed by atoms with Crippen LogP contribution in [0.3, 0.4) is 0 Å². The fourth-order valence-corrected chi connectivity index (χ4v) is 4.17. The van der Waals surface area contributed by atoms with Crippen molar-refractivity contribution in [3.63, 3.8) is 0 Å². The van der Waals surface area contributed by atoms with E-state index in [1.165, 1.54) is 24.9 Å². The van der Waals surface area contributed by atoms with Crippen molar-refractivity contribution in [2.24, 2.45) is 5.73 Å². The largest absolute Gasteiger partial charge is 0.351 e. The van der Waals surface area contributed by atoms with Crippen LogP contribution in [0, 0.1) is 0 Å². The normalized spacial score (nSPS) is 26.2. The van der Waals surface area contributed by atoms with Crippen LogP contribution in [0.2, 0.25) is 0 Å². The lowest BCUT2D eigenvalue weighted by Crippen LogP contribution is -2.33. The van der Waals surface area contributed by atoms with Crippen molar-refractivity contribution in [2.75, 3.05) is 11.9 Å².